The Morgan fingerprint density at radius 1 is 0.442 bits per heavy atom. The highest BCUT2D eigenvalue weighted by Crippen LogP contribution is 2.44. The third-order valence-corrected chi connectivity index (χ3v) is 8.83. The number of rotatable bonds is 4. The van der Waals surface area contributed by atoms with Crippen LogP contribution in [-0.2, 0) is 0 Å². The first-order valence-corrected chi connectivity index (χ1v) is 15.0. The van der Waals surface area contributed by atoms with Crippen molar-refractivity contribution in [3.05, 3.63) is 163 Å². The SMILES string of the molecule is CC1=C(c2ccc(-c3ccc4ccc(-c5c6ccccc6c(-c6ccccc6)c6ccccc56)cc4c3)cc2)C=CCN1. The molecule has 0 atom stereocenters. The molecule has 1 heteroatoms. The number of nitrogens with one attached hydrogen (secondary N) is 1. The van der Waals surface area contributed by atoms with Gasteiger partial charge in [0.15, 0.2) is 0 Å². The minimum atomic E-state index is 0.898. The third kappa shape index (κ3) is 4.42. The highest BCUT2D eigenvalue weighted by molar-refractivity contribution is 6.21. The molecule has 0 spiro atoms. The van der Waals surface area contributed by atoms with Gasteiger partial charge in [-0.1, -0.05) is 140 Å². The van der Waals surface area contributed by atoms with E-state index in [0.29, 0.717) is 0 Å². The molecule has 0 aliphatic carbocycles. The van der Waals surface area contributed by atoms with Crippen LogP contribution in [0.25, 0.3) is 71.3 Å². The van der Waals surface area contributed by atoms with E-state index >= 15 is 0 Å². The molecule has 0 aromatic heterocycles. The maximum atomic E-state index is 3.44. The molecule has 1 heterocycles. The van der Waals surface area contributed by atoms with Gasteiger partial charge in [0.1, 0.15) is 0 Å². The predicted molar refractivity (Wildman–Crippen MR) is 185 cm³/mol. The fourth-order valence-electron chi connectivity index (χ4n) is 6.70. The number of hydrogen-bond acceptors (Lipinski definition) is 1. The summed E-state index contributed by atoms with van der Waals surface area (Å²) >= 11 is 0. The van der Waals surface area contributed by atoms with Crippen molar-refractivity contribution in [2.45, 2.75) is 6.92 Å². The van der Waals surface area contributed by atoms with Crippen LogP contribution in [0.2, 0.25) is 0 Å². The van der Waals surface area contributed by atoms with Crippen LogP contribution in [-0.4, -0.2) is 6.54 Å². The van der Waals surface area contributed by atoms with Crippen molar-refractivity contribution in [3.8, 4) is 33.4 Å². The lowest BCUT2D eigenvalue weighted by Crippen LogP contribution is -2.15. The van der Waals surface area contributed by atoms with Gasteiger partial charge < -0.3 is 5.32 Å². The monoisotopic (exact) mass is 549 g/mol. The van der Waals surface area contributed by atoms with Gasteiger partial charge >= 0.3 is 0 Å². The van der Waals surface area contributed by atoms with Crippen molar-refractivity contribution >= 4 is 37.9 Å². The van der Waals surface area contributed by atoms with Crippen molar-refractivity contribution in [2.24, 2.45) is 0 Å². The van der Waals surface area contributed by atoms with Gasteiger partial charge in [0.05, 0.1) is 0 Å². The van der Waals surface area contributed by atoms with Gasteiger partial charge in [0.25, 0.3) is 0 Å². The Morgan fingerprint density at radius 3 is 1.58 bits per heavy atom. The van der Waals surface area contributed by atoms with E-state index in [0.717, 1.165) is 6.54 Å². The summed E-state index contributed by atoms with van der Waals surface area (Å²) < 4.78 is 0. The van der Waals surface area contributed by atoms with Crippen LogP contribution in [0, 0.1) is 0 Å². The van der Waals surface area contributed by atoms with Crippen molar-refractivity contribution in [1.29, 1.82) is 0 Å². The quantitative estimate of drug-likeness (QED) is 0.215. The summed E-state index contributed by atoms with van der Waals surface area (Å²) in [5.41, 5.74) is 11.3. The fourth-order valence-corrected chi connectivity index (χ4v) is 6.70. The van der Waals surface area contributed by atoms with Gasteiger partial charge in [-0.2, -0.15) is 0 Å². The lowest BCUT2D eigenvalue weighted by atomic mass is 9.85. The van der Waals surface area contributed by atoms with Gasteiger partial charge in [-0.25, -0.2) is 0 Å². The van der Waals surface area contributed by atoms with Crippen LogP contribution in [0.1, 0.15) is 12.5 Å². The zero-order chi connectivity index (χ0) is 28.8. The molecule has 204 valence electrons. The lowest BCUT2D eigenvalue weighted by molar-refractivity contribution is 0.897. The third-order valence-electron chi connectivity index (χ3n) is 8.83. The topological polar surface area (TPSA) is 12.0 Å². The van der Waals surface area contributed by atoms with E-state index in [1.807, 2.05) is 0 Å². The maximum absolute atomic E-state index is 3.44. The molecule has 0 bridgehead atoms. The average Bonchev–Trinajstić information content (AvgIpc) is 3.07. The largest absolute Gasteiger partial charge is 0.385 e. The molecule has 43 heavy (non-hydrogen) atoms. The maximum Gasteiger partial charge on any atom is 0.0331 e. The highest BCUT2D eigenvalue weighted by atomic mass is 14.9. The lowest BCUT2D eigenvalue weighted by Gasteiger charge is -2.18. The fraction of sp³-hybridized carbons (Fsp3) is 0.0476. The average molecular weight is 550 g/mol. The molecular formula is C42H31N. The summed E-state index contributed by atoms with van der Waals surface area (Å²) in [5, 5.41) is 11.1. The smallest absolute Gasteiger partial charge is 0.0331 e. The van der Waals surface area contributed by atoms with Crippen molar-refractivity contribution in [3.63, 3.8) is 0 Å². The first-order chi connectivity index (χ1) is 21.2. The van der Waals surface area contributed by atoms with Crippen LogP contribution < -0.4 is 5.32 Å². The number of allylic oxidation sites excluding steroid dienone is 3. The Kier molecular flexibility index (Phi) is 6.16. The highest BCUT2D eigenvalue weighted by Gasteiger charge is 2.16. The molecule has 0 amide bonds. The molecule has 1 aliphatic rings. The van der Waals surface area contributed by atoms with E-state index in [4.69, 9.17) is 0 Å². The van der Waals surface area contributed by atoms with Gasteiger partial charge in [-0.3, -0.25) is 0 Å². The molecule has 0 saturated heterocycles. The van der Waals surface area contributed by atoms with Gasteiger partial charge in [-0.05, 0) is 90.3 Å². The molecule has 8 rings (SSSR count). The number of fused-ring (bicyclic) bond motifs is 3. The van der Waals surface area contributed by atoms with Crippen molar-refractivity contribution < 1.29 is 0 Å². The van der Waals surface area contributed by atoms with Crippen molar-refractivity contribution in [2.75, 3.05) is 6.54 Å². The molecule has 0 radical (unpaired) electrons. The van der Waals surface area contributed by atoms with Crippen LogP contribution >= 0.6 is 0 Å². The second-order valence-corrected chi connectivity index (χ2v) is 11.4. The molecule has 7 aromatic carbocycles. The molecular weight excluding hydrogens is 518 g/mol. The Balaban J connectivity index is 1.28. The van der Waals surface area contributed by atoms with Crippen molar-refractivity contribution in [1.82, 2.24) is 5.32 Å². The summed E-state index contributed by atoms with van der Waals surface area (Å²) in [6, 6.07) is 51.2. The molecule has 1 nitrogen and oxygen atoms in total. The summed E-state index contributed by atoms with van der Waals surface area (Å²) in [4.78, 5) is 0. The first kappa shape index (κ1) is 25.3. The first-order valence-electron chi connectivity index (χ1n) is 15.0. The second kappa shape index (κ2) is 10.5. The van der Waals surface area contributed by atoms with E-state index < -0.39 is 0 Å². The Morgan fingerprint density at radius 2 is 0.953 bits per heavy atom. The van der Waals surface area contributed by atoms with Crippen LogP contribution in [0.4, 0.5) is 0 Å². The molecule has 0 unspecified atom stereocenters. The zero-order valence-corrected chi connectivity index (χ0v) is 24.1. The Hall–Kier alpha value is -5.40. The summed E-state index contributed by atoms with van der Waals surface area (Å²) in [7, 11) is 0. The summed E-state index contributed by atoms with van der Waals surface area (Å²) in [6.07, 6.45) is 4.40. The molecule has 0 saturated carbocycles. The van der Waals surface area contributed by atoms with Crippen LogP contribution in [0.5, 0.6) is 0 Å². The number of benzene rings is 7. The summed E-state index contributed by atoms with van der Waals surface area (Å²) in [6.45, 7) is 3.05. The van der Waals surface area contributed by atoms with E-state index in [1.54, 1.807) is 0 Å². The van der Waals surface area contributed by atoms with Gasteiger partial charge in [0.2, 0.25) is 0 Å². The minimum Gasteiger partial charge on any atom is -0.385 e. The number of dihydropyridines is 1. The Labute approximate surface area is 252 Å². The van der Waals surface area contributed by atoms with E-state index in [-0.39, 0.29) is 0 Å². The molecule has 1 N–H and O–H groups in total. The molecule has 1 aliphatic heterocycles. The van der Waals surface area contributed by atoms with Gasteiger partial charge in [-0.15, -0.1) is 0 Å². The molecule has 7 aromatic rings. The zero-order valence-electron chi connectivity index (χ0n) is 24.1. The molecule has 0 fully saturated rings. The van der Waals surface area contributed by atoms with E-state index in [1.165, 1.54) is 82.5 Å². The van der Waals surface area contributed by atoms with E-state index in [2.05, 4.69) is 164 Å². The predicted octanol–water partition coefficient (Wildman–Crippen LogP) is 11.0. The number of hydrogen-bond donors (Lipinski definition) is 1. The second-order valence-electron chi connectivity index (χ2n) is 11.4. The van der Waals surface area contributed by atoms with E-state index in [9.17, 15) is 0 Å². The normalized spacial score (nSPS) is 13.1. The Bertz CT molecular complexity index is 2160. The summed E-state index contributed by atoms with van der Waals surface area (Å²) in [5.74, 6) is 0. The van der Waals surface area contributed by atoms with Crippen LogP contribution in [0.3, 0.4) is 0 Å². The standard InChI is InChI=1S/C42H31N/c1-28-36(16-9-25-43-28)31-21-17-29(18-22-31)33-23-19-30-20-24-34(27-35(30)26-33)42-39-14-7-5-12-37(39)41(32-10-3-2-4-11-32)38-13-6-8-15-40(38)42/h2-24,26-27,43H,25H2,1H3. The van der Waals surface area contributed by atoms with Crippen LogP contribution in [0.15, 0.2) is 157 Å². The van der Waals surface area contributed by atoms with Gasteiger partial charge in [0, 0.05) is 17.8 Å². The minimum absolute atomic E-state index is 0.898.